The van der Waals surface area contributed by atoms with E-state index in [2.05, 4.69) is 20.1 Å². The minimum absolute atomic E-state index is 0.0918. The third-order valence-corrected chi connectivity index (χ3v) is 5.39. The third-order valence-electron chi connectivity index (χ3n) is 4.46. The number of hydrogen-bond donors (Lipinski definition) is 0. The number of Topliss-reactive ketones (excluding diaryl/α,β-unsaturated/α-hetero) is 1. The summed E-state index contributed by atoms with van der Waals surface area (Å²) < 4.78 is 9.35. The molecular formula is C17H19N5O2S. The molecule has 0 bridgehead atoms. The van der Waals surface area contributed by atoms with Crippen LogP contribution in [0.3, 0.4) is 0 Å². The second-order valence-corrected chi connectivity index (χ2v) is 7.24. The zero-order valence-electron chi connectivity index (χ0n) is 14.2. The second-order valence-electron chi connectivity index (χ2n) is 6.30. The number of ketones is 1. The van der Waals surface area contributed by atoms with Crippen molar-refractivity contribution in [3.05, 3.63) is 47.2 Å². The summed E-state index contributed by atoms with van der Waals surface area (Å²) in [5, 5.41) is 12.5. The number of nitrogens with zero attached hydrogens (tertiary/aromatic N) is 5. The Labute approximate surface area is 149 Å². The number of thioether (sulfide) groups is 1. The van der Waals surface area contributed by atoms with Crippen molar-refractivity contribution in [1.29, 1.82) is 0 Å². The third kappa shape index (κ3) is 3.26. The molecule has 0 atom stereocenters. The van der Waals surface area contributed by atoms with Crippen molar-refractivity contribution in [2.45, 2.75) is 44.4 Å². The molecule has 7 nitrogen and oxygen atoms in total. The number of rotatable bonds is 7. The normalized spacial score (nSPS) is 14.2. The smallest absolute Gasteiger partial charge is 0.210 e. The van der Waals surface area contributed by atoms with Gasteiger partial charge in [-0.15, -0.1) is 5.10 Å². The molecule has 130 valence electrons. The van der Waals surface area contributed by atoms with Gasteiger partial charge in [0.15, 0.2) is 5.78 Å². The molecule has 4 rings (SSSR count). The molecule has 3 aromatic rings. The summed E-state index contributed by atoms with van der Waals surface area (Å²) in [6.45, 7) is 4.61. The van der Waals surface area contributed by atoms with E-state index in [1.165, 1.54) is 11.8 Å². The van der Waals surface area contributed by atoms with E-state index in [0.717, 1.165) is 40.7 Å². The standard InChI is InChI=1S/C17H19N5O2S/c1-11-8-15(12(2)21(11)9-14-4-3-7-24-14)16(23)10-25-17-18-19-20-22(17)13-5-6-13/h3-4,7-8,13H,5-6,9-10H2,1-2H3. The van der Waals surface area contributed by atoms with E-state index < -0.39 is 0 Å². The van der Waals surface area contributed by atoms with Crippen molar-refractivity contribution < 1.29 is 9.21 Å². The number of furan rings is 1. The molecule has 0 saturated heterocycles. The Hall–Kier alpha value is -2.35. The van der Waals surface area contributed by atoms with Gasteiger partial charge in [-0.05, 0) is 55.3 Å². The Balaban J connectivity index is 1.47. The van der Waals surface area contributed by atoms with E-state index in [-0.39, 0.29) is 5.78 Å². The first kappa shape index (κ1) is 16.1. The first-order valence-electron chi connectivity index (χ1n) is 8.26. The largest absolute Gasteiger partial charge is 0.467 e. The number of aryl methyl sites for hydroxylation is 1. The molecule has 0 aliphatic heterocycles. The molecule has 8 heteroatoms. The fourth-order valence-corrected chi connectivity index (χ4v) is 3.75. The number of tetrazole rings is 1. The highest BCUT2D eigenvalue weighted by Gasteiger charge is 2.28. The van der Waals surface area contributed by atoms with Crippen molar-refractivity contribution in [1.82, 2.24) is 24.8 Å². The van der Waals surface area contributed by atoms with Crippen LogP contribution in [0.1, 0.15) is 46.4 Å². The van der Waals surface area contributed by atoms with Gasteiger partial charge >= 0.3 is 0 Å². The zero-order valence-corrected chi connectivity index (χ0v) is 15.0. The molecule has 0 N–H and O–H groups in total. The number of carbonyl (C=O) groups is 1. The van der Waals surface area contributed by atoms with Crippen LogP contribution in [0, 0.1) is 13.8 Å². The summed E-state index contributed by atoms with van der Waals surface area (Å²) in [6.07, 6.45) is 3.89. The predicted molar refractivity (Wildman–Crippen MR) is 92.9 cm³/mol. The molecule has 1 aliphatic carbocycles. The van der Waals surface area contributed by atoms with Gasteiger partial charge in [0.1, 0.15) is 5.76 Å². The van der Waals surface area contributed by atoms with Crippen LogP contribution in [0.2, 0.25) is 0 Å². The lowest BCUT2D eigenvalue weighted by Gasteiger charge is -2.07. The van der Waals surface area contributed by atoms with E-state index in [1.54, 1.807) is 6.26 Å². The SMILES string of the molecule is Cc1cc(C(=O)CSc2nnnn2C2CC2)c(C)n1Cc1ccco1. The van der Waals surface area contributed by atoms with Crippen molar-refractivity contribution in [3.63, 3.8) is 0 Å². The Morgan fingerprint density at radius 1 is 1.40 bits per heavy atom. The van der Waals surface area contributed by atoms with E-state index in [4.69, 9.17) is 4.42 Å². The van der Waals surface area contributed by atoms with Crippen molar-refractivity contribution >= 4 is 17.5 Å². The van der Waals surface area contributed by atoms with Crippen LogP contribution in [0.25, 0.3) is 0 Å². The Morgan fingerprint density at radius 3 is 2.96 bits per heavy atom. The Bertz CT molecular complexity index is 892. The van der Waals surface area contributed by atoms with Crippen LogP contribution in [0.4, 0.5) is 0 Å². The first-order chi connectivity index (χ1) is 12.1. The van der Waals surface area contributed by atoms with Gasteiger partial charge in [-0.25, -0.2) is 4.68 Å². The maximum atomic E-state index is 12.7. The summed E-state index contributed by atoms with van der Waals surface area (Å²) in [6, 6.07) is 6.17. The molecule has 1 fully saturated rings. The molecule has 0 aromatic carbocycles. The van der Waals surface area contributed by atoms with Gasteiger partial charge in [0.25, 0.3) is 0 Å². The quantitative estimate of drug-likeness (QED) is 0.478. The monoisotopic (exact) mass is 357 g/mol. The number of hydrogen-bond acceptors (Lipinski definition) is 6. The lowest BCUT2D eigenvalue weighted by atomic mass is 10.2. The summed E-state index contributed by atoms with van der Waals surface area (Å²) in [5.74, 6) is 1.30. The zero-order chi connectivity index (χ0) is 17.4. The average Bonchev–Trinajstić information content (AvgIpc) is 3.02. The average molecular weight is 357 g/mol. The molecular weight excluding hydrogens is 338 g/mol. The molecule has 0 unspecified atom stereocenters. The van der Waals surface area contributed by atoms with Gasteiger partial charge in [0.2, 0.25) is 5.16 Å². The summed E-state index contributed by atoms with van der Waals surface area (Å²) in [5.41, 5.74) is 2.76. The van der Waals surface area contributed by atoms with Gasteiger partial charge < -0.3 is 8.98 Å². The number of carbonyl (C=O) groups excluding carboxylic acids is 1. The Morgan fingerprint density at radius 2 is 2.24 bits per heavy atom. The number of aromatic nitrogens is 5. The van der Waals surface area contributed by atoms with E-state index >= 15 is 0 Å². The fraction of sp³-hybridized carbons (Fsp3) is 0.412. The van der Waals surface area contributed by atoms with E-state index in [1.807, 2.05) is 36.7 Å². The van der Waals surface area contributed by atoms with Gasteiger partial charge in [-0.3, -0.25) is 4.79 Å². The molecule has 1 saturated carbocycles. The molecule has 0 amide bonds. The highest BCUT2D eigenvalue weighted by Crippen LogP contribution is 2.36. The Kier molecular flexibility index (Phi) is 4.20. The molecule has 25 heavy (non-hydrogen) atoms. The maximum Gasteiger partial charge on any atom is 0.210 e. The van der Waals surface area contributed by atoms with Gasteiger partial charge in [-0.1, -0.05) is 11.8 Å². The highest BCUT2D eigenvalue weighted by atomic mass is 32.2. The molecule has 0 spiro atoms. The van der Waals surface area contributed by atoms with Gasteiger partial charge in [0.05, 0.1) is 24.6 Å². The fourth-order valence-electron chi connectivity index (χ4n) is 2.92. The van der Waals surface area contributed by atoms with E-state index in [0.29, 0.717) is 18.3 Å². The van der Waals surface area contributed by atoms with Crippen molar-refractivity contribution in [2.24, 2.45) is 0 Å². The van der Waals surface area contributed by atoms with Crippen LogP contribution in [0.5, 0.6) is 0 Å². The van der Waals surface area contributed by atoms with Crippen LogP contribution in [-0.2, 0) is 6.54 Å². The van der Waals surface area contributed by atoms with E-state index in [9.17, 15) is 4.79 Å². The highest BCUT2D eigenvalue weighted by molar-refractivity contribution is 7.99. The first-order valence-corrected chi connectivity index (χ1v) is 9.25. The van der Waals surface area contributed by atoms with Gasteiger partial charge in [0, 0.05) is 17.0 Å². The lowest BCUT2D eigenvalue weighted by molar-refractivity contribution is 0.102. The van der Waals surface area contributed by atoms with Crippen LogP contribution in [-0.4, -0.2) is 36.3 Å². The van der Waals surface area contributed by atoms with Crippen LogP contribution in [0.15, 0.2) is 34.0 Å². The minimum atomic E-state index is 0.0918. The summed E-state index contributed by atoms with van der Waals surface area (Å²) >= 11 is 1.40. The predicted octanol–water partition coefficient (Wildman–Crippen LogP) is 3.04. The molecule has 3 aromatic heterocycles. The van der Waals surface area contributed by atoms with Crippen molar-refractivity contribution in [3.8, 4) is 0 Å². The van der Waals surface area contributed by atoms with Crippen LogP contribution >= 0.6 is 11.8 Å². The molecule has 1 aliphatic rings. The lowest BCUT2D eigenvalue weighted by Crippen LogP contribution is -2.08. The molecule has 3 heterocycles. The second kappa shape index (κ2) is 6.51. The molecule has 0 radical (unpaired) electrons. The van der Waals surface area contributed by atoms with Crippen molar-refractivity contribution in [2.75, 3.05) is 5.75 Å². The topological polar surface area (TPSA) is 78.7 Å². The summed E-state index contributed by atoms with van der Waals surface area (Å²) in [7, 11) is 0. The van der Waals surface area contributed by atoms with Gasteiger partial charge in [-0.2, -0.15) is 0 Å². The maximum absolute atomic E-state index is 12.7. The van der Waals surface area contributed by atoms with Crippen LogP contribution < -0.4 is 0 Å². The minimum Gasteiger partial charge on any atom is -0.467 e. The summed E-state index contributed by atoms with van der Waals surface area (Å²) in [4.78, 5) is 12.7.